The summed E-state index contributed by atoms with van der Waals surface area (Å²) in [5, 5.41) is 3.78. The highest BCUT2D eigenvalue weighted by Gasteiger charge is 2.49. The van der Waals surface area contributed by atoms with Crippen molar-refractivity contribution in [2.45, 2.75) is 64.2 Å². The molecule has 0 unspecified atom stereocenters. The van der Waals surface area contributed by atoms with E-state index in [1.165, 1.54) is 12.1 Å². The van der Waals surface area contributed by atoms with Gasteiger partial charge in [-0.3, -0.25) is 4.79 Å². The molecule has 1 N–H and O–H groups in total. The molecule has 1 aliphatic carbocycles. The number of carbonyl (C=O) groups is 1. The Morgan fingerprint density at radius 1 is 1.09 bits per heavy atom. The first-order valence-corrected chi connectivity index (χ1v) is 12.2. The molecule has 184 valence electrons. The van der Waals surface area contributed by atoms with E-state index in [1.54, 1.807) is 6.07 Å². The molecule has 0 spiro atoms. The predicted molar refractivity (Wildman–Crippen MR) is 122 cm³/mol. The van der Waals surface area contributed by atoms with E-state index in [0.717, 1.165) is 51.4 Å². The number of hydrogen-bond acceptors (Lipinski definition) is 4. The Bertz CT molecular complexity index is 817. The van der Waals surface area contributed by atoms with Crippen LogP contribution in [-0.2, 0) is 15.7 Å². The minimum atomic E-state index is -4.35. The number of nitrogens with zero attached hydrogens (tertiary/aromatic N) is 2. The molecular weight excluding hydrogens is 431 g/mol. The molecule has 3 fully saturated rings. The summed E-state index contributed by atoms with van der Waals surface area (Å²) in [7, 11) is 0. The predicted octanol–water partition coefficient (Wildman–Crippen LogP) is 4.32. The van der Waals surface area contributed by atoms with Crippen molar-refractivity contribution >= 4 is 11.6 Å². The minimum absolute atomic E-state index is 0.220. The van der Waals surface area contributed by atoms with E-state index in [2.05, 4.69) is 19.2 Å². The van der Waals surface area contributed by atoms with E-state index in [9.17, 15) is 18.0 Å². The van der Waals surface area contributed by atoms with Crippen LogP contribution in [0.4, 0.5) is 18.9 Å². The van der Waals surface area contributed by atoms with Crippen LogP contribution >= 0.6 is 0 Å². The lowest BCUT2D eigenvalue weighted by molar-refractivity contribution is -0.145. The number of halogens is 3. The van der Waals surface area contributed by atoms with Crippen molar-refractivity contribution < 1.29 is 22.7 Å². The molecular formula is C25H36F3N3O2. The fourth-order valence-electron chi connectivity index (χ4n) is 5.74. The normalized spacial score (nSPS) is 27.4. The van der Waals surface area contributed by atoms with Crippen LogP contribution in [0.2, 0.25) is 0 Å². The molecule has 1 aromatic rings. The maximum atomic E-state index is 13.7. The van der Waals surface area contributed by atoms with Gasteiger partial charge >= 0.3 is 6.18 Å². The number of amides is 1. The number of rotatable bonds is 5. The van der Waals surface area contributed by atoms with E-state index in [0.29, 0.717) is 44.0 Å². The zero-order valence-corrected chi connectivity index (χ0v) is 19.7. The van der Waals surface area contributed by atoms with Gasteiger partial charge in [-0.15, -0.1) is 0 Å². The Balaban J connectivity index is 1.37. The molecule has 4 rings (SSSR count). The van der Waals surface area contributed by atoms with Crippen molar-refractivity contribution in [1.29, 1.82) is 0 Å². The van der Waals surface area contributed by atoms with Crippen LogP contribution in [0.1, 0.15) is 51.5 Å². The Kier molecular flexibility index (Phi) is 7.24. The van der Waals surface area contributed by atoms with Crippen molar-refractivity contribution in [2.24, 2.45) is 11.3 Å². The second-order valence-corrected chi connectivity index (χ2v) is 10.1. The Labute approximate surface area is 194 Å². The highest BCUT2D eigenvalue weighted by atomic mass is 19.4. The van der Waals surface area contributed by atoms with Gasteiger partial charge in [0.05, 0.1) is 11.0 Å². The molecule has 0 aromatic heterocycles. The van der Waals surface area contributed by atoms with Gasteiger partial charge in [-0.25, -0.2) is 0 Å². The summed E-state index contributed by atoms with van der Waals surface area (Å²) in [5.41, 5.74) is -0.426. The van der Waals surface area contributed by atoms with E-state index < -0.39 is 11.7 Å². The largest absolute Gasteiger partial charge is 0.416 e. The Morgan fingerprint density at radius 3 is 2.42 bits per heavy atom. The summed E-state index contributed by atoms with van der Waals surface area (Å²) in [6.45, 7) is 8.07. The minimum Gasteiger partial charge on any atom is -0.381 e. The number of benzene rings is 1. The second kappa shape index (κ2) is 9.82. The SMILES string of the molecule is CC(C)[C@]1(C(=O)N2CCN(c3cccc(C(F)(F)F)c3)CC2)CC[C@@H](NC2CCOCC2)C1. The van der Waals surface area contributed by atoms with Gasteiger partial charge in [0.1, 0.15) is 0 Å². The van der Waals surface area contributed by atoms with Crippen molar-refractivity contribution in [3.8, 4) is 0 Å². The lowest BCUT2D eigenvalue weighted by atomic mass is 9.74. The van der Waals surface area contributed by atoms with Crippen LogP contribution in [0.25, 0.3) is 0 Å². The quantitative estimate of drug-likeness (QED) is 0.701. The summed E-state index contributed by atoms with van der Waals surface area (Å²) in [6, 6.07) is 6.29. The van der Waals surface area contributed by atoms with Gasteiger partial charge in [0.15, 0.2) is 0 Å². The number of anilines is 1. The third kappa shape index (κ3) is 5.32. The van der Waals surface area contributed by atoms with Gasteiger partial charge in [-0.2, -0.15) is 13.2 Å². The van der Waals surface area contributed by atoms with Gasteiger partial charge in [0.25, 0.3) is 0 Å². The second-order valence-electron chi connectivity index (χ2n) is 10.1. The number of carbonyl (C=O) groups excluding carboxylic acids is 1. The molecule has 1 aromatic carbocycles. The third-order valence-electron chi connectivity index (χ3n) is 7.88. The highest BCUT2D eigenvalue weighted by Crippen LogP contribution is 2.46. The lowest BCUT2D eigenvalue weighted by Gasteiger charge is -2.42. The molecule has 2 saturated heterocycles. The average molecular weight is 468 g/mol. The number of hydrogen-bond donors (Lipinski definition) is 1. The van der Waals surface area contributed by atoms with Crippen LogP contribution in [-0.4, -0.2) is 62.3 Å². The van der Waals surface area contributed by atoms with Crippen LogP contribution in [0, 0.1) is 11.3 Å². The molecule has 33 heavy (non-hydrogen) atoms. The summed E-state index contributed by atoms with van der Waals surface area (Å²) >= 11 is 0. The van der Waals surface area contributed by atoms with Crippen molar-refractivity contribution in [3.63, 3.8) is 0 Å². The monoisotopic (exact) mass is 467 g/mol. The molecule has 2 heterocycles. The molecule has 0 radical (unpaired) electrons. The summed E-state index contributed by atoms with van der Waals surface area (Å²) in [5.74, 6) is 0.463. The number of piperazine rings is 1. The van der Waals surface area contributed by atoms with Gasteiger partial charge in [0, 0.05) is 57.2 Å². The number of ether oxygens (including phenoxy) is 1. The molecule has 2 aliphatic heterocycles. The first kappa shape index (κ1) is 24.3. The van der Waals surface area contributed by atoms with Crippen molar-refractivity contribution in [2.75, 3.05) is 44.3 Å². The van der Waals surface area contributed by atoms with E-state index in [1.807, 2.05) is 9.80 Å². The van der Waals surface area contributed by atoms with Crippen LogP contribution in [0.3, 0.4) is 0 Å². The highest BCUT2D eigenvalue weighted by molar-refractivity contribution is 5.84. The Hall–Kier alpha value is -1.80. The zero-order chi connectivity index (χ0) is 23.6. The van der Waals surface area contributed by atoms with Gasteiger partial charge < -0.3 is 19.9 Å². The molecule has 0 bridgehead atoms. The molecule has 5 nitrogen and oxygen atoms in total. The molecule has 1 saturated carbocycles. The van der Waals surface area contributed by atoms with E-state index in [-0.39, 0.29) is 17.2 Å². The van der Waals surface area contributed by atoms with Gasteiger partial charge in [0.2, 0.25) is 5.91 Å². The van der Waals surface area contributed by atoms with E-state index in [4.69, 9.17) is 4.74 Å². The van der Waals surface area contributed by atoms with Crippen molar-refractivity contribution in [1.82, 2.24) is 10.2 Å². The maximum absolute atomic E-state index is 13.7. The van der Waals surface area contributed by atoms with Gasteiger partial charge in [-0.1, -0.05) is 19.9 Å². The van der Waals surface area contributed by atoms with Crippen molar-refractivity contribution in [3.05, 3.63) is 29.8 Å². The van der Waals surface area contributed by atoms with Gasteiger partial charge in [-0.05, 0) is 56.2 Å². The molecule has 3 aliphatic rings. The molecule has 2 atom stereocenters. The maximum Gasteiger partial charge on any atom is 0.416 e. The van der Waals surface area contributed by atoms with Crippen LogP contribution in [0.5, 0.6) is 0 Å². The van der Waals surface area contributed by atoms with Crippen LogP contribution in [0.15, 0.2) is 24.3 Å². The topological polar surface area (TPSA) is 44.8 Å². The van der Waals surface area contributed by atoms with E-state index >= 15 is 0 Å². The summed E-state index contributed by atoms with van der Waals surface area (Å²) < 4.78 is 44.7. The fourth-order valence-corrected chi connectivity index (χ4v) is 5.74. The lowest BCUT2D eigenvalue weighted by Crippen LogP contribution is -2.54. The number of nitrogens with one attached hydrogen (secondary N) is 1. The number of alkyl halides is 3. The Morgan fingerprint density at radius 2 is 1.79 bits per heavy atom. The molecule has 1 amide bonds. The summed E-state index contributed by atoms with van der Waals surface area (Å²) in [4.78, 5) is 17.6. The smallest absolute Gasteiger partial charge is 0.381 e. The molecule has 8 heteroatoms. The first-order chi connectivity index (χ1) is 15.7. The van der Waals surface area contributed by atoms with Crippen LogP contribution < -0.4 is 10.2 Å². The standard InChI is InChI=1S/C25H36F3N3O2/c1-18(2)24(9-6-21(17-24)29-20-7-14-33-15-8-20)23(32)31-12-10-30(11-13-31)22-5-3-4-19(16-22)25(26,27)28/h3-5,16,18,20-21,29H,6-15,17H2,1-2H3/t21-,24+/m1/s1. The third-order valence-corrected chi connectivity index (χ3v) is 7.88. The fraction of sp³-hybridized carbons (Fsp3) is 0.720. The average Bonchev–Trinajstić information content (AvgIpc) is 3.24. The summed E-state index contributed by atoms with van der Waals surface area (Å²) in [6.07, 6.45) is 0.445. The first-order valence-electron chi connectivity index (χ1n) is 12.2. The zero-order valence-electron chi connectivity index (χ0n) is 19.7.